The van der Waals surface area contributed by atoms with E-state index in [-0.39, 0.29) is 17.5 Å². The molecule has 0 spiro atoms. The largest absolute Gasteiger partial charge is 0.508 e. The number of phenolic OH excluding ortho intramolecular Hbond substituents is 1. The minimum absolute atomic E-state index is 0.00879. The molecule has 0 amide bonds. The lowest BCUT2D eigenvalue weighted by Gasteiger charge is -2.14. The van der Waals surface area contributed by atoms with Crippen LogP contribution in [0, 0.1) is 0 Å². The molecule has 1 aliphatic rings. The maximum Gasteiger partial charge on any atom is 0.173 e. The van der Waals surface area contributed by atoms with Gasteiger partial charge in [0.15, 0.2) is 14.9 Å². The van der Waals surface area contributed by atoms with Crippen molar-refractivity contribution in [3.63, 3.8) is 0 Å². The summed E-state index contributed by atoms with van der Waals surface area (Å²) in [6, 6.07) is 6.19. The van der Waals surface area contributed by atoms with Crippen molar-refractivity contribution >= 4 is 32.9 Å². The number of rotatable bonds is 2. The molecule has 96 valence electrons. The van der Waals surface area contributed by atoms with Crippen molar-refractivity contribution in [3.05, 3.63) is 35.7 Å². The fraction of sp³-hybridized carbons (Fsp3) is 0.182. The lowest BCUT2D eigenvalue weighted by atomic mass is 10.3. The fourth-order valence-corrected chi connectivity index (χ4v) is 3.09. The number of thiocarbonyl (C=S) groups is 1. The van der Waals surface area contributed by atoms with Crippen LogP contribution in [-0.4, -0.2) is 30.4 Å². The van der Waals surface area contributed by atoms with Crippen LogP contribution in [0.15, 0.2) is 35.7 Å². The Morgan fingerprint density at radius 1 is 1.44 bits per heavy atom. The highest BCUT2D eigenvalue weighted by Gasteiger charge is 2.21. The number of nitrogens with one attached hydrogen (secondary N) is 2. The summed E-state index contributed by atoms with van der Waals surface area (Å²) in [6.07, 6.45) is 1.56. The molecule has 0 aliphatic carbocycles. The predicted octanol–water partition coefficient (Wildman–Crippen LogP) is 0.989. The second-order valence-corrected chi connectivity index (χ2v) is 6.25. The van der Waals surface area contributed by atoms with Crippen LogP contribution >= 0.6 is 12.2 Å². The molecule has 18 heavy (non-hydrogen) atoms. The second-order valence-electron chi connectivity index (χ2n) is 3.91. The molecule has 7 heteroatoms. The maximum absolute atomic E-state index is 11.2. The van der Waals surface area contributed by atoms with E-state index in [4.69, 9.17) is 12.2 Å². The van der Waals surface area contributed by atoms with Gasteiger partial charge in [0.2, 0.25) is 0 Å². The summed E-state index contributed by atoms with van der Waals surface area (Å²) < 4.78 is 22.4. The van der Waals surface area contributed by atoms with E-state index in [2.05, 4.69) is 10.6 Å². The Morgan fingerprint density at radius 3 is 2.83 bits per heavy atom. The van der Waals surface area contributed by atoms with E-state index in [1.165, 1.54) is 11.5 Å². The van der Waals surface area contributed by atoms with Crippen LogP contribution in [0.3, 0.4) is 0 Å². The molecule has 1 aromatic rings. The van der Waals surface area contributed by atoms with Gasteiger partial charge in [-0.15, -0.1) is 0 Å². The van der Waals surface area contributed by atoms with Crippen molar-refractivity contribution in [1.29, 1.82) is 0 Å². The molecule has 1 unspecified atom stereocenters. The van der Waals surface area contributed by atoms with Crippen LogP contribution in [0.2, 0.25) is 0 Å². The van der Waals surface area contributed by atoms with Gasteiger partial charge in [0.05, 0.1) is 11.8 Å². The number of sulfone groups is 1. The third-order valence-corrected chi connectivity index (χ3v) is 3.97. The number of aromatic hydroxyl groups is 1. The molecule has 3 N–H and O–H groups in total. The first-order valence-corrected chi connectivity index (χ1v) is 7.34. The minimum atomic E-state index is -3.09. The van der Waals surface area contributed by atoms with Crippen molar-refractivity contribution in [3.8, 4) is 5.75 Å². The van der Waals surface area contributed by atoms with E-state index < -0.39 is 9.84 Å². The number of phenols is 1. The zero-order valence-corrected chi connectivity index (χ0v) is 11.0. The predicted molar refractivity (Wildman–Crippen MR) is 74.2 cm³/mol. The van der Waals surface area contributed by atoms with E-state index in [9.17, 15) is 13.5 Å². The highest BCUT2D eigenvalue weighted by molar-refractivity contribution is 7.94. The standard InChI is InChI=1S/C11H12N2O3S2/c14-10-3-1-2-8(6-10)12-11(17)13-9-4-5-18(15,16)7-9/h1-6,9,14H,7H2,(H2,12,13,17). The number of hydrogen-bond acceptors (Lipinski definition) is 4. The lowest BCUT2D eigenvalue weighted by molar-refractivity contribution is 0.475. The normalized spacial score (nSPS) is 20.6. The molecule has 5 nitrogen and oxygen atoms in total. The first-order chi connectivity index (χ1) is 8.44. The first-order valence-electron chi connectivity index (χ1n) is 5.22. The number of anilines is 1. The van der Waals surface area contributed by atoms with Crippen molar-refractivity contribution in [1.82, 2.24) is 5.32 Å². The molecule has 2 rings (SSSR count). The van der Waals surface area contributed by atoms with Gasteiger partial charge < -0.3 is 15.7 Å². The van der Waals surface area contributed by atoms with Crippen LogP contribution < -0.4 is 10.6 Å². The molecule has 0 aromatic heterocycles. The van der Waals surface area contributed by atoms with Crippen molar-refractivity contribution in [2.45, 2.75) is 6.04 Å². The van der Waals surface area contributed by atoms with Gasteiger partial charge in [-0.05, 0) is 30.4 Å². The van der Waals surface area contributed by atoms with Gasteiger partial charge in [-0.3, -0.25) is 0 Å². The third-order valence-electron chi connectivity index (χ3n) is 2.35. The first kappa shape index (κ1) is 12.8. The smallest absolute Gasteiger partial charge is 0.173 e. The van der Waals surface area contributed by atoms with Crippen LogP contribution in [-0.2, 0) is 9.84 Å². The summed E-state index contributed by atoms with van der Waals surface area (Å²) in [5.74, 6) is 0.139. The summed E-state index contributed by atoms with van der Waals surface area (Å²) in [7, 11) is -3.09. The fourth-order valence-electron chi connectivity index (χ4n) is 1.58. The molecule has 0 bridgehead atoms. The summed E-state index contributed by atoms with van der Waals surface area (Å²) in [6.45, 7) is 0. The molecule has 0 radical (unpaired) electrons. The Morgan fingerprint density at radius 2 is 2.22 bits per heavy atom. The Balaban J connectivity index is 1.92. The molecule has 0 saturated heterocycles. The summed E-state index contributed by atoms with van der Waals surface area (Å²) in [4.78, 5) is 0. The van der Waals surface area contributed by atoms with E-state index in [1.807, 2.05) is 0 Å². The summed E-state index contributed by atoms with van der Waals surface area (Å²) >= 11 is 5.06. The molecule has 1 aliphatic heterocycles. The molecule has 0 fully saturated rings. The SMILES string of the molecule is O=S1(=O)C=CC(NC(=S)Nc2cccc(O)c2)C1. The van der Waals surface area contributed by atoms with Crippen LogP contribution in [0.25, 0.3) is 0 Å². The molecule has 0 saturated carbocycles. The van der Waals surface area contributed by atoms with Gasteiger partial charge in [-0.1, -0.05) is 6.07 Å². The topological polar surface area (TPSA) is 78.4 Å². The van der Waals surface area contributed by atoms with Gasteiger partial charge in [0.1, 0.15) is 5.75 Å². The number of hydrogen-bond donors (Lipinski definition) is 3. The van der Waals surface area contributed by atoms with Crippen LogP contribution in [0.1, 0.15) is 0 Å². The minimum Gasteiger partial charge on any atom is -0.508 e. The van der Waals surface area contributed by atoms with E-state index >= 15 is 0 Å². The molecular formula is C11H12N2O3S2. The molecule has 1 aromatic carbocycles. The average molecular weight is 284 g/mol. The Bertz CT molecular complexity index is 596. The quantitative estimate of drug-likeness (QED) is 0.703. The van der Waals surface area contributed by atoms with Gasteiger partial charge >= 0.3 is 0 Å². The Hall–Kier alpha value is -1.60. The monoisotopic (exact) mass is 284 g/mol. The van der Waals surface area contributed by atoms with Gasteiger partial charge in [0.25, 0.3) is 0 Å². The number of benzene rings is 1. The maximum atomic E-state index is 11.2. The van der Waals surface area contributed by atoms with E-state index in [0.717, 1.165) is 0 Å². The van der Waals surface area contributed by atoms with Crippen molar-refractivity contribution in [2.75, 3.05) is 11.1 Å². The molecule has 1 atom stereocenters. The second kappa shape index (κ2) is 4.95. The van der Waals surface area contributed by atoms with E-state index in [1.54, 1.807) is 24.3 Å². The van der Waals surface area contributed by atoms with Gasteiger partial charge in [-0.2, -0.15) is 0 Å². The lowest BCUT2D eigenvalue weighted by Crippen LogP contribution is -2.38. The Labute approximate surface area is 110 Å². The van der Waals surface area contributed by atoms with Crippen LogP contribution in [0.5, 0.6) is 5.75 Å². The van der Waals surface area contributed by atoms with Crippen molar-refractivity contribution in [2.24, 2.45) is 0 Å². The molecule has 1 heterocycles. The van der Waals surface area contributed by atoms with Crippen molar-refractivity contribution < 1.29 is 13.5 Å². The zero-order chi connectivity index (χ0) is 13.2. The Kier molecular flexibility index (Phi) is 3.53. The summed E-state index contributed by atoms with van der Waals surface area (Å²) in [5, 5.41) is 16.5. The molecular weight excluding hydrogens is 272 g/mol. The zero-order valence-electron chi connectivity index (χ0n) is 9.33. The van der Waals surface area contributed by atoms with Gasteiger partial charge in [-0.25, -0.2) is 8.42 Å². The van der Waals surface area contributed by atoms with E-state index in [0.29, 0.717) is 10.8 Å². The van der Waals surface area contributed by atoms with Crippen LogP contribution in [0.4, 0.5) is 5.69 Å². The highest BCUT2D eigenvalue weighted by atomic mass is 32.2. The third kappa shape index (κ3) is 3.44. The summed E-state index contributed by atoms with van der Waals surface area (Å²) in [5.41, 5.74) is 0.636. The highest BCUT2D eigenvalue weighted by Crippen LogP contribution is 2.15. The van der Waals surface area contributed by atoms with Gasteiger partial charge in [0, 0.05) is 17.2 Å². The average Bonchev–Trinajstić information content (AvgIpc) is 2.57.